The van der Waals surface area contributed by atoms with Gasteiger partial charge in [-0.05, 0) is 36.5 Å². The molecule has 0 saturated carbocycles. The average molecular weight is 191 g/mol. The molecular formula is C9H9N3S. The van der Waals surface area contributed by atoms with Gasteiger partial charge >= 0.3 is 0 Å². The van der Waals surface area contributed by atoms with Crippen molar-refractivity contribution in [2.45, 2.75) is 0 Å². The SMILES string of the molecule is Nc1ccc(-n2cc[nH]c2=S)cc1. The molecular weight excluding hydrogens is 182 g/mol. The number of nitrogens with two attached hydrogens (primary N) is 1. The molecule has 0 unspecified atom stereocenters. The zero-order valence-corrected chi connectivity index (χ0v) is 7.71. The quantitative estimate of drug-likeness (QED) is 0.535. The van der Waals surface area contributed by atoms with Gasteiger partial charge in [0, 0.05) is 23.8 Å². The van der Waals surface area contributed by atoms with E-state index in [1.807, 2.05) is 35.0 Å². The van der Waals surface area contributed by atoms with E-state index in [4.69, 9.17) is 18.0 Å². The lowest BCUT2D eigenvalue weighted by Crippen LogP contribution is -1.92. The number of benzene rings is 1. The van der Waals surface area contributed by atoms with E-state index in [1.54, 1.807) is 6.20 Å². The van der Waals surface area contributed by atoms with Gasteiger partial charge in [0.25, 0.3) is 0 Å². The highest BCUT2D eigenvalue weighted by molar-refractivity contribution is 7.71. The van der Waals surface area contributed by atoms with E-state index >= 15 is 0 Å². The number of aromatic amines is 1. The maximum Gasteiger partial charge on any atom is 0.181 e. The fraction of sp³-hybridized carbons (Fsp3) is 0. The van der Waals surface area contributed by atoms with E-state index < -0.39 is 0 Å². The van der Waals surface area contributed by atoms with Crippen LogP contribution >= 0.6 is 12.2 Å². The first-order valence-electron chi connectivity index (χ1n) is 3.89. The molecule has 2 aromatic rings. The van der Waals surface area contributed by atoms with Crippen molar-refractivity contribution in [3.8, 4) is 5.69 Å². The molecule has 0 aliphatic carbocycles. The lowest BCUT2D eigenvalue weighted by molar-refractivity contribution is 1.03. The molecule has 0 radical (unpaired) electrons. The van der Waals surface area contributed by atoms with E-state index in [0.717, 1.165) is 11.4 Å². The van der Waals surface area contributed by atoms with E-state index in [1.165, 1.54) is 0 Å². The van der Waals surface area contributed by atoms with Gasteiger partial charge in [0.05, 0.1) is 0 Å². The number of rotatable bonds is 1. The lowest BCUT2D eigenvalue weighted by atomic mass is 10.3. The molecule has 0 amide bonds. The molecule has 13 heavy (non-hydrogen) atoms. The molecule has 4 heteroatoms. The van der Waals surface area contributed by atoms with Gasteiger partial charge in [-0.3, -0.25) is 4.57 Å². The Morgan fingerprint density at radius 2 is 1.92 bits per heavy atom. The minimum Gasteiger partial charge on any atom is -0.399 e. The molecule has 0 bridgehead atoms. The van der Waals surface area contributed by atoms with Crippen LogP contribution in [0.2, 0.25) is 0 Å². The van der Waals surface area contributed by atoms with Crippen LogP contribution in [0.25, 0.3) is 5.69 Å². The second-order valence-corrected chi connectivity index (χ2v) is 3.11. The molecule has 0 aliphatic rings. The summed E-state index contributed by atoms with van der Waals surface area (Å²) in [6.45, 7) is 0. The Balaban J connectivity index is 2.54. The van der Waals surface area contributed by atoms with Crippen molar-refractivity contribution >= 4 is 17.9 Å². The van der Waals surface area contributed by atoms with Crippen LogP contribution in [-0.4, -0.2) is 9.55 Å². The fourth-order valence-corrected chi connectivity index (χ4v) is 1.39. The highest BCUT2D eigenvalue weighted by atomic mass is 32.1. The first-order chi connectivity index (χ1) is 6.27. The second kappa shape index (κ2) is 3.06. The van der Waals surface area contributed by atoms with E-state index in [0.29, 0.717) is 4.77 Å². The first-order valence-corrected chi connectivity index (χ1v) is 4.30. The Labute approximate surface area is 80.8 Å². The summed E-state index contributed by atoms with van der Waals surface area (Å²) in [6, 6.07) is 7.56. The topological polar surface area (TPSA) is 46.7 Å². The molecule has 0 spiro atoms. The van der Waals surface area contributed by atoms with Gasteiger partial charge in [-0.15, -0.1) is 0 Å². The highest BCUT2D eigenvalue weighted by Gasteiger charge is 1.95. The van der Waals surface area contributed by atoms with Crippen molar-refractivity contribution in [2.24, 2.45) is 0 Å². The number of nitrogen functional groups attached to an aromatic ring is 1. The molecule has 66 valence electrons. The Kier molecular flexibility index (Phi) is 1.90. The molecule has 0 saturated heterocycles. The van der Waals surface area contributed by atoms with Crippen molar-refractivity contribution in [3.63, 3.8) is 0 Å². The minimum absolute atomic E-state index is 0.685. The van der Waals surface area contributed by atoms with Gasteiger partial charge in [0.1, 0.15) is 0 Å². The predicted octanol–water partition coefficient (Wildman–Crippen LogP) is 2.12. The van der Waals surface area contributed by atoms with Crippen LogP contribution in [0.1, 0.15) is 0 Å². The smallest absolute Gasteiger partial charge is 0.181 e. The molecule has 3 nitrogen and oxygen atoms in total. The van der Waals surface area contributed by atoms with Gasteiger partial charge in [-0.2, -0.15) is 0 Å². The number of imidazole rings is 1. The number of hydrogen-bond acceptors (Lipinski definition) is 2. The summed E-state index contributed by atoms with van der Waals surface area (Å²) in [4.78, 5) is 2.93. The van der Waals surface area contributed by atoms with Crippen molar-refractivity contribution in [1.29, 1.82) is 0 Å². The summed E-state index contributed by atoms with van der Waals surface area (Å²) in [7, 11) is 0. The molecule has 1 aromatic carbocycles. The van der Waals surface area contributed by atoms with Crippen LogP contribution in [0, 0.1) is 4.77 Å². The first kappa shape index (κ1) is 8.07. The van der Waals surface area contributed by atoms with Gasteiger partial charge in [0.2, 0.25) is 0 Å². The third-order valence-corrected chi connectivity index (χ3v) is 2.14. The summed E-state index contributed by atoms with van der Waals surface area (Å²) in [6.07, 6.45) is 3.69. The summed E-state index contributed by atoms with van der Waals surface area (Å²) < 4.78 is 2.57. The Morgan fingerprint density at radius 3 is 2.46 bits per heavy atom. The summed E-state index contributed by atoms with van der Waals surface area (Å²) in [5.74, 6) is 0. The average Bonchev–Trinajstić information content (AvgIpc) is 2.53. The molecule has 1 aromatic heterocycles. The normalized spacial score (nSPS) is 10.2. The third-order valence-electron chi connectivity index (χ3n) is 1.82. The maximum atomic E-state index is 5.57. The number of nitrogens with zero attached hydrogens (tertiary/aromatic N) is 1. The minimum atomic E-state index is 0.685. The molecule has 1 heterocycles. The van der Waals surface area contributed by atoms with E-state index in [2.05, 4.69) is 4.98 Å². The van der Waals surface area contributed by atoms with Crippen molar-refractivity contribution < 1.29 is 0 Å². The van der Waals surface area contributed by atoms with Crippen molar-refractivity contribution in [1.82, 2.24) is 9.55 Å². The van der Waals surface area contributed by atoms with Crippen molar-refractivity contribution in [3.05, 3.63) is 41.4 Å². The van der Waals surface area contributed by atoms with E-state index in [-0.39, 0.29) is 0 Å². The van der Waals surface area contributed by atoms with Crippen LogP contribution in [0.15, 0.2) is 36.7 Å². The van der Waals surface area contributed by atoms with E-state index in [9.17, 15) is 0 Å². The van der Waals surface area contributed by atoms with Crippen LogP contribution < -0.4 is 5.73 Å². The van der Waals surface area contributed by atoms with Gasteiger partial charge in [-0.25, -0.2) is 0 Å². The third kappa shape index (κ3) is 1.48. The summed E-state index contributed by atoms with van der Waals surface area (Å²) in [5.41, 5.74) is 7.34. The molecule has 0 aliphatic heterocycles. The fourth-order valence-electron chi connectivity index (χ4n) is 1.16. The summed E-state index contributed by atoms with van der Waals surface area (Å²) >= 11 is 5.08. The number of anilines is 1. The van der Waals surface area contributed by atoms with Crippen LogP contribution in [-0.2, 0) is 0 Å². The Bertz CT molecular complexity index is 452. The molecule has 2 rings (SSSR count). The zero-order chi connectivity index (χ0) is 9.26. The van der Waals surface area contributed by atoms with Crippen LogP contribution in [0.3, 0.4) is 0 Å². The molecule has 0 fully saturated rings. The van der Waals surface area contributed by atoms with Gasteiger partial charge in [-0.1, -0.05) is 0 Å². The second-order valence-electron chi connectivity index (χ2n) is 2.73. The van der Waals surface area contributed by atoms with Gasteiger partial charge in [0.15, 0.2) is 4.77 Å². The predicted molar refractivity (Wildman–Crippen MR) is 55.4 cm³/mol. The number of aromatic nitrogens is 2. The largest absolute Gasteiger partial charge is 0.399 e. The Morgan fingerprint density at radius 1 is 1.23 bits per heavy atom. The summed E-state index contributed by atoms with van der Waals surface area (Å²) in [5, 5.41) is 0. The molecule has 0 atom stereocenters. The number of H-pyrrole nitrogens is 1. The lowest BCUT2D eigenvalue weighted by Gasteiger charge is -2.01. The number of hydrogen-bond donors (Lipinski definition) is 2. The van der Waals surface area contributed by atoms with Crippen LogP contribution in [0.5, 0.6) is 0 Å². The van der Waals surface area contributed by atoms with Crippen LogP contribution in [0.4, 0.5) is 5.69 Å². The van der Waals surface area contributed by atoms with Crippen molar-refractivity contribution in [2.75, 3.05) is 5.73 Å². The highest BCUT2D eigenvalue weighted by Crippen LogP contribution is 2.10. The zero-order valence-electron chi connectivity index (χ0n) is 6.90. The number of nitrogens with one attached hydrogen (secondary N) is 1. The standard InChI is InChI=1S/C9H9N3S/c10-7-1-3-8(4-2-7)12-6-5-11-9(12)13/h1-6H,10H2,(H,11,13). The maximum absolute atomic E-state index is 5.57. The Hall–Kier alpha value is -1.55. The monoisotopic (exact) mass is 191 g/mol. The molecule has 3 N–H and O–H groups in total. The van der Waals surface area contributed by atoms with Gasteiger partial charge < -0.3 is 10.7 Å².